The molecule has 1 aliphatic carbocycles. The van der Waals surface area contributed by atoms with E-state index < -0.39 is 0 Å². The predicted molar refractivity (Wildman–Crippen MR) is 114 cm³/mol. The largest absolute Gasteiger partial charge is 0.348 e. The molecule has 1 saturated carbocycles. The van der Waals surface area contributed by atoms with Crippen molar-refractivity contribution in [2.24, 2.45) is 5.92 Å². The van der Waals surface area contributed by atoms with Crippen LogP contribution in [0.1, 0.15) is 45.4 Å². The third kappa shape index (κ3) is 4.98. The number of aromatic nitrogens is 2. The molecule has 3 aliphatic rings. The van der Waals surface area contributed by atoms with Crippen LogP contribution < -0.4 is 5.32 Å². The van der Waals surface area contributed by atoms with E-state index in [2.05, 4.69) is 22.1 Å². The zero-order chi connectivity index (χ0) is 21.0. The lowest BCUT2D eigenvalue weighted by Gasteiger charge is -2.51. The summed E-state index contributed by atoms with van der Waals surface area (Å²) in [6.45, 7) is 7.28. The molecule has 3 atom stereocenters. The second kappa shape index (κ2) is 9.66. The Bertz CT molecular complexity index is 676. The van der Waals surface area contributed by atoms with E-state index in [0.717, 1.165) is 64.7 Å². The predicted octanol–water partition coefficient (Wildman–Crippen LogP) is 2.31. The standard InChI is InChI=1S/C22H37N5O3/c1-3-8-27-16-19(14-18-15-22(6-5-20(18)27)29-12-13-30-22)24-21(28)25(2)9-4-10-26-11-7-23-17-26/h7,11,17-20H,3-6,8-10,12-16H2,1-2H3,(H,24,28)/t18-,19?,20-/m1/s1. The van der Waals surface area contributed by atoms with Crippen LogP contribution in [0.4, 0.5) is 4.79 Å². The number of rotatable bonds is 7. The highest BCUT2D eigenvalue weighted by Gasteiger charge is 2.49. The summed E-state index contributed by atoms with van der Waals surface area (Å²) in [5.41, 5.74) is 0. The van der Waals surface area contributed by atoms with Crippen molar-refractivity contribution in [3.63, 3.8) is 0 Å². The van der Waals surface area contributed by atoms with Crippen molar-refractivity contribution in [3.8, 4) is 0 Å². The average Bonchev–Trinajstić information content (AvgIpc) is 3.40. The number of ether oxygens (including phenoxy) is 2. The first-order valence-electron chi connectivity index (χ1n) is 11.6. The summed E-state index contributed by atoms with van der Waals surface area (Å²) >= 11 is 0. The molecule has 168 valence electrons. The molecule has 2 amide bonds. The van der Waals surface area contributed by atoms with Gasteiger partial charge in [0.05, 0.1) is 19.5 Å². The fraction of sp³-hybridized carbons (Fsp3) is 0.818. The van der Waals surface area contributed by atoms with E-state index >= 15 is 0 Å². The Kier molecular flexibility index (Phi) is 6.95. The lowest BCUT2D eigenvalue weighted by molar-refractivity contribution is -0.201. The number of hydrogen-bond acceptors (Lipinski definition) is 5. The lowest BCUT2D eigenvalue weighted by Crippen LogP contribution is -2.60. The SMILES string of the molecule is CCCN1CC(NC(=O)N(C)CCCn2ccnc2)C[C@@H]2CC3(CC[C@H]21)OCCO3. The quantitative estimate of drug-likeness (QED) is 0.734. The molecule has 0 aromatic carbocycles. The minimum absolute atomic E-state index is 0.0272. The lowest BCUT2D eigenvalue weighted by atomic mass is 9.74. The monoisotopic (exact) mass is 419 g/mol. The number of likely N-dealkylation sites (tertiary alicyclic amines) is 1. The Morgan fingerprint density at radius 2 is 2.17 bits per heavy atom. The van der Waals surface area contributed by atoms with Crippen LogP contribution in [-0.2, 0) is 16.0 Å². The summed E-state index contributed by atoms with van der Waals surface area (Å²) in [6, 6.07) is 0.793. The number of amides is 2. The zero-order valence-electron chi connectivity index (χ0n) is 18.5. The number of carbonyl (C=O) groups excluding carboxylic acids is 1. The van der Waals surface area contributed by atoms with Crippen LogP contribution in [0.15, 0.2) is 18.7 Å². The molecule has 8 nitrogen and oxygen atoms in total. The maximum Gasteiger partial charge on any atom is 0.317 e. The maximum atomic E-state index is 12.8. The van der Waals surface area contributed by atoms with Crippen molar-refractivity contribution in [1.82, 2.24) is 24.7 Å². The molecule has 8 heteroatoms. The average molecular weight is 420 g/mol. The molecule has 1 aromatic heterocycles. The summed E-state index contributed by atoms with van der Waals surface area (Å²) in [5.74, 6) is 0.142. The smallest absolute Gasteiger partial charge is 0.317 e. The molecule has 1 spiro atoms. The van der Waals surface area contributed by atoms with Crippen molar-refractivity contribution in [2.75, 3.05) is 39.9 Å². The van der Waals surface area contributed by atoms with Gasteiger partial charge in [0.2, 0.25) is 0 Å². The van der Waals surface area contributed by atoms with Gasteiger partial charge < -0.3 is 24.3 Å². The number of piperidine rings is 1. The Morgan fingerprint density at radius 3 is 2.90 bits per heavy atom. The van der Waals surface area contributed by atoms with Gasteiger partial charge >= 0.3 is 6.03 Å². The highest BCUT2D eigenvalue weighted by Crippen LogP contribution is 2.44. The van der Waals surface area contributed by atoms with E-state index in [1.54, 1.807) is 11.1 Å². The fourth-order valence-electron chi connectivity index (χ4n) is 5.52. The van der Waals surface area contributed by atoms with Crippen LogP contribution in [0.5, 0.6) is 0 Å². The summed E-state index contributed by atoms with van der Waals surface area (Å²) in [5, 5.41) is 3.31. The minimum Gasteiger partial charge on any atom is -0.348 e. The van der Waals surface area contributed by atoms with E-state index in [4.69, 9.17) is 9.47 Å². The number of urea groups is 1. The first kappa shape index (κ1) is 21.6. The number of nitrogens with one attached hydrogen (secondary N) is 1. The number of aryl methyl sites for hydroxylation is 1. The van der Waals surface area contributed by atoms with Crippen molar-refractivity contribution in [3.05, 3.63) is 18.7 Å². The summed E-state index contributed by atoms with van der Waals surface area (Å²) < 4.78 is 14.1. The number of imidazole rings is 1. The molecule has 1 N–H and O–H groups in total. The third-order valence-corrected chi connectivity index (χ3v) is 6.92. The van der Waals surface area contributed by atoms with E-state index in [-0.39, 0.29) is 17.9 Å². The van der Waals surface area contributed by atoms with Gasteiger partial charge in [-0.1, -0.05) is 6.92 Å². The molecular formula is C22H37N5O3. The first-order valence-corrected chi connectivity index (χ1v) is 11.6. The van der Waals surface area contributed by atoms with Crippen LogP contribution >= 0.6 is 0 Å². The molecule has 1 aromatic rings. The van der Waals surface area contributed by atoms with Crippen molar-refractivity contribution in [1.29, 1.82) is 0 Å². The Labute approximate surface area is 179 Å². The van der Waals surface area contributed by atoms with Crippen LogP contribution in [0.3, 0.4) is 0 Å². The minimum atomic E-state index is -0.366. The van der Waals surface area contributed by atoms with Gasteiger partial charge in [0.15, 0.2) is 5.79 Å². The molecule has 4 rings (SSSR count). The summed E-state index contributed by atoms with van der Waals surface area (Å²) in [7, 11) is 1.88. The van der Waals surface area contributed by atoms with Gasteiger partial charge in [0.1, 0.15) is 0 Å². The van der Waals surface area contributed by atoms with Crippen LogP contribution in [0, 0.1) is 5.92 Å². The molecule has 2 saturated heterocycles. The van der Waals surface area contributed by atoms with E-state index in [0.29, 0.717) is 25.2 Å². The summed E-state index contributed by atoms with van der Waals surface area (Å²) in [6.07, 6.45) is 11.7. The Balaban J connectivity index is 1.30. The van der Waals surface area contributed by atoms with E-state index in [9.17, 15) is 4.79 Å². The maximum absolute atomic E-state index is 12.8. The number of nitrogens with zero attached hydrogens (tertiary/aromatic N) is 4. The highest BCUT2D eigenvalue weighted by atomic mass is 16.7. The third-order valence-electron chi connectivity index (χ3n) is 6.92. The van der Waals surface area contributed by atoms with Gasteiger partial charge in [0, 0.05) is 64.0 Å². The first-order chi connectivity index (χ1) is 14.6. The van der Waals surface area contributed by atoms with Crippen molar-refractivity contribution in [2.45, 2.75) is 69.9 Å². The van der Waals surface area contributed by atoms with Crippen LogP contribution in [0.2, 0.25) is 0 Å². The molecule has 30 heavy (non-hydrogen) atoms. The molecule has 3 fully saturated rings. The van der Waals surface area contributed by atoms with E-state index in [1.165, 1.54) is 0 Å². The molecular weight excluding hydrogens is 382 g/mol. The molecule has 1 unspecified atom stereocenters. The molecule has 3 heterocycles. The zero-order valence-corrected chi connectivity index (χ0v) is 18.5. The highest BCUT2D eigenvalue weighted by molar-refractivity contribution is 5.74. The Morgan fingerprint density at radius 1 is 1.33 bits per heavy atom. The molecule has 0 radical (unpaired) electrons. The van der Waals surface area contributed by atoms with Crippen molar-refractivity contribution < 1.29 is 14.3 Å². The number of carbonyl (C=O) groups is 1. The van der Waals surface area contributed by atoms with Gasteiger partial charge in [-0.15, -0.1) is 0 Å². The van der Waals surface area contributed by atoms with Crippen LogP contribution in [0.25, 0.3) is 0 Å². The van der Waals surface area contributed by atoms with Gasteiger partial charge in [-0.2, -0.15) is 0 Å². The Hall–Kier alpha value is -1.64. The van der Waals surface area contributed by atoms with Crippen LogP contribution in [-0.4, -0.2) is 83.1 Å². The van der Waals surface area contributed by atoms with Gasteiger partial charge in [0.25, 0.3) is 0 Å². The molecule has 0 bridgehead atoms. The van der Waals surface area contributed by atoms with Crippen molar-refractivity contribution >= 4 is 6.03 Å². The summed E-state index contributed by atoms with van der Waals surface area (Å²) in [4.78, 5) is 21.3. The van der Waals surface area contributed by atoms with E-state index in [1.807, 2.05) is 24.1 Å². The topological polar surface area (TPSA) is 71.9 Å². The van der Waals surface area contributed by atoms with Gasteiger partial charge in [-0.05, 0) is 38.1 Å². The number of hydrogen-bond donors (Lipinski definition) is 1. The second-order valence-corrected chi connectivity index (χ2v) is 9.13. The normalized spacial score (nSPS) is 28.4. The van der Waals surface area contributed by atoms with Gasteiger partial charge in [-0.25, -0.2) is 9.78 Å². The fourth-order valence-corrected chi connectivity index (χ4v) is 5.52. The second-order valence-electron chi connectivity index (χ2n) is 9.13. The van der Waals surface area contributed by atoms with Gasteiger partial charge in [-0.3, -0.25) is 4.90 Å². The number of fused-ring (bicyclic) bond motifs is 1. The molecule has 2 aliphatic heterocycles.